The second kappa shape index (κ2) is 5.98. The third-order valence-corrected chi connectivity index (χ3v) is 3.52. The predicted octanol–water partition coefficient (Wildman–Crippen LogP) is 1.24. The van der Waals surface area contributed by atoms with Gasteiger partial charge in [0.15, 0.2) is 11.2 Å². The van der Waals surface area contributed by atoms with Crippen LogP contribution >= 0.6 is 11.3 Å². The largest absolute Gasteiger partial charge is 0.479 e. The summed E-state index contributed by atoms with van der Waals surface area (Å²) in [5.41, 5.74) is 1.01. The zero-order valence-corrected chi connectivity index (χ0v) is 11.2. The SMILES string of the molecule is COC(CNC(=O)Nc1nc(C2CC2)cs1)C(=O)O. The van der Waals surface area contributed by atoms with Crippen molar-refractivity contribution >= 4 is 28.5 Å². The fourth-order valence-corrected chi connectivity index (χ4v) is 2.30. The van der Waals surface area contributed by atoms with Crippen LogP contribution in [0.1, 0.15) is 24.5 Å². The standard InChI is InChI=1S/C11H15N3O4S/c1-18-8(9(15)16)4-12-10(17)14-11-13-7(5-19-11)6-2-3-6/h5-6,8H,2-4H2,1H3,(H,15,16)(H2,12,13,14,17). The number of nitrogens with zero attached hydrogens (tertiary/aromatic N) is 1. The van der Waals surface area contributed by atoms with E-state index in [0.29, 0.717) is 11.0 Å². The number of carbonyl (C=O) groups excluding carboxylic acids is 1. The molecule has 0 aromatic carbocycles. The molecule has 1 unspecified atom stereocenters. The Bertz CT molecular complexity index is 472. The summed E-state index contributed by atoms with van der Waals surface area (Å²) in [6.45, 7) is -0.0987. The van der Waals surface area contributed by atoms with Crippen molar-refractivity contribution in [1.29, 1.82) is 0 Å². The summed E-state index contributed by atoms with van der Waals surface area (Å²) in [5.74, 6) is -0.576. The lowest BCUT2D eigenvalue weighted by Crippen LogP contribution is -2.39. The van der Waals surface area contributed by atoms with Crippen LogP contribution in [-0.2, 0) is 9.53 Å². The number of rotatable bonds is 6. The Kier molecular flexibility index (Phi) is 4.33. The minimum Gasteiger partial charge on any atom is -0.479 e. The van der Waals surface area contributed by atoms with E-state index in [1.807, 2.05) is 5.38 Å². The van der Waals surface area contributed by atoms with E-state index in [2.05, 4.69) is 15.6 Å². The highest BCUT2D eigenvalue weighted by molar-refractivity contribution is 7.13. The van der Waals surface area contributed by atoms with Crippen molar-refractivity contribution in [3.63, 3.8) is 0 Å². The third-order valence-electron chi connectivity index (χ3n) is 2.75. The van der Waals surface area contributed by atoms with Gasteiger partial charge in [-0.05, 0) is 12.8 Å². The van der Waals surface area contributed by atoms with Crippen molar-refractivity contribution in [3.8, 4) is 0 Å². The van der Waals surface area contributed by atoms with Crippen LogP contribution in [0.25, 0.3) is 0 Å². The van der Waals surface area contributed by atoms with Crippen molar-refractivity contribution < 1.29 is 19.4 Å². The number of aromatic nitrogens is 1. The number of nitrogens with one attached hydrogen (secondary N) is 2. The normalized spacial score (nSPS) is 15.8. The first kappa shape index (κ1) is 13.8. The van der Waals surface area contributed by atoms with Crippen LogP contribution in [0.4, 0.5) is 9.93 Å². The molecule has 19 heavy (non-hydrogen) atoms. The summed E-state index contributed by atoms with van der Waals surface area (Å²) in [4.78, 5) is 26.5. The number of ether oxygens (including phenoxy) is 1. The summed E-state index contributed by atoms with van der Waals surface area (Å²) >= 11 is 1.36. The fraction of sp³-hybridized carbons (Fsp3) is 0.545. The van der Waals surface area contributed by atoms with Crippen molar-refractivity contribution in [1.82, 2.24) is 10.3 Å². The molecule has 0 saturated heterocycles. The number of carboxylic acids is 1. The van der Waals surface area contributed by atoms with Crippen LogP contribution in [-0.4, -0.2) is 41.8 Å². The minimum atomic E-state index is -1.12. The summed E-state index contributed by atoms with van der Waals surface area (Å²) in [7, 11) is 1.28. The molecule has 8 heteroatoms. The smallest absolute Gasteiger partial charge is 0.334 e. The molecule has 7 nitrogen and oxygen atoms in total. The van der Waals surface area contributed by atoms with Crippen molar-refractivity contribution in [2.45, 2.75) is 24.9 Å². The number of anilines is 1. The molecular weight excluding hydrogens is 270 g/mol. The first-order valence-corrected chi connectivity index (χ1v) is 6.74. The molecule has 2 rings (SSSR count). The maximum Gasteiger partial charge on any atom is 0.334 e. The number of thiazole rings is 1. The van der Waals surface area contributed by atoms with E-state index in [1.165, 1.54) is 18.4 Å². The van der Waals surface area contributed by atoms with E-state index in [-0.39, 0.29) is 6.54 Å². The van der Waals surface area contributed by atoms with Crippen molar-refractivity contribution in [2.75, 3.05) is 19.0 Å². The van der Waals surface area contributed by atoms with Gasteiger partial charge in [-0.15, -0.1) is 11.3 Å². The maximum absolute atomic E-state index is 11.5. The second-order valence-electron chi connectivity index (χ2n) is 4.25. The molecule has 1 heterocycles. The molecule has 2 amide bonds. The topological polar surface area (TPSA) is 101 Å². The summed E-state index contributed by atoms with van der Waals surface area (Å²) in [6.07, 6.45) is 1.26. The molecule has 1 aliphatic carbocycles. The van der Waals surface area contributed by atoms with Crippen LogP contribution in [0.2, 0.25) is 0 Å². The third kappa shape index (κ3) is 3.90. The van der Waals surface area contributed by atoms with E-state index in [4.69, 9.17) is 9.84 Å². The molecule has 1 aromatic heterocycles. The van der Waals surface area contributed by atoms with Gasteiger partial charge in [0.2, 0.25) is 0 Å². The van der Waals surface area contributed by atoms with Gasteiger partial charge in [0.1, 0.15) is 0 Å². The van der Waals surface area contributed by atoms with Crippen LogP contribution in [0, 0.1) is 0 Å². The van der Waals surface area contributed by atoms with Gasteiger partial charge >= 0.3 is 12.0 Å². The summed E-state index contributed by atoms with van der Waals surface area (Å²) < 4.78 is 4.70. The van der Waals surface area contributed by atoms with Gasteiger partial charge in [-0.2, -0.15) is 0 Å². The first-order chi connectivity index (χ1) is 9.10. The van der Waals surface area contributed by atoms with E-state index in [9.17, 15) is 9.59 Å². The molecule has 0 radical (unpaired) electrons. The lowest BCUT2D eigenvalue weighted by atomic mass is 10.3. The van der Waals surface area contributed by atoms with Crippen LogP contribution in [0.3, 0.4) is 0 Å². The van der Waals surface area contributed by atoms with Crippen LogP contribution < -0.4 is 10.6 Å². The number of carboxylic acid groups (broad SMARTS) is 1. The number of hydrogen-bond donors (Lipinski definition) is 3. The average molecular weight is 285 g/mol. The molecule has 0 spiro atoms. The molecule has 0 aliphatic heterocycles. The molecule has 3 N–H and O–H groups in total. The highest BCUT2D eigenvalue weighted by Gasteiger charge is 2.26. The Morgan fingerprint density at radius 2 is 2.37 bits per heavy atom. The maximum atomic E-state index is 11.5. The number of amides is 2. The Labute approximate surface area is 114 Å². The van der Waals surface area contributed by atoms with E-state index < -0.39 is 18.1 Å². The average Bonchev–Trinajstić information content (AvgIpc) is 3.11. The van der Waals surface area contributed by atoms with E-state index >= 15 is 0 Å². The molecule has 0 bridgehead atoms. The van der Waals surface area contributed by atoms with Gasteiger partial charge in [-0.25, -0.2) is 14.6 Å². The molecule has 1 atom stereocenters. The zero-order valence-electron chi connectivity index (χ0n) is 10.4. The van der Waals surface area contributed by atoms with Gasteiger partial charge in [0.25, 0.3) is 0 Å². The van der Waals surface area contributed by atoms with Crippen molar-refractivity contribution in [3.05, 3.63) is 11.1 Å². The highest BCUT2D eigenvalue weighted by Crippen LogP contribution is 2.40. The first-order valence-electron chi connectivity index (χ1n) is 5.86. The van der Waals surface area contributed by atoms with Crippen LogP contribution in [0.15, 0.2) is 5.38 Å². The molecule has 1 aliphatic rings. The van der Waals surface area contributed by atoms with Gasteiger partial charge < -0.3 is 15.2 Å². The van der Waals surface area contributed by atoms with Gasteiger partial charge in [-0.1, -0.05) is 0 Å². The Balaban J connectivity index is 1.78. The predicted molar refractivity (Wildman–Crippen MR) is 69.5 cm³/mol. The summed E-state index contributed by atoms with van der Waals surface area (Å²) in [6, 6.07) is -0.486. The molecule has 104 valence electrons. The summed E-state index contributed by atoms with van der Waals surface area (Å²) in [5, 5.41) is 16.2. The monoisotopic (exact) mass is 285 g/mol. The van der Waals surface area contributed by atoms with Gasteiger partial charge in [0, 0.05) is 18.4 Å². The van der Waals surface area contributed by atoms with Crippen molar-refractivity contribution in [2.24, 2.45) is 0 Å². The Morgan fingerprint density at radius 1 is 1.63 bits per heavy atom. The number of aliphatic carboxylic acids is 1. The lowest BCUT2D eigenvalue weighted by Gasteiger charge is -2.11. The van der Waals surface area contributed by atoms with E-state index in [1.54, 1.807) is 0 Å². The zero-order chi connectivity index (χ0) is 13.8. The lowest BCUT2D eigenvalue weighted by molar-refractivity contribution is -0.147. The second-order valence-corrected chi connectivity index (χ2v) is 5.11. The fourth-order valence-electron chi connectivity index (χ4n) is 1.51. The van der Waals surface area contributed by atoms with Gasteiger partial charge in [0.05, 0.1) is 12.2 Å². The molecular formula is C11H15N3O4S. The molecule has 1 aromatic rings. The number of carbonyl (C=O) groups is 2. The highest BCUT2D eigenvalue weighted by atomic mass is 32.1. The molecule has 1 fully saturated rings. The number of urea groups is 1. The number of hydrogen-bond acceptors (Lipinski definition) is 5. The van der Waals surface area contributed by atoms with E-state index in [0.717, 1.165) is 18.5 Å². The minimum absolute atomic E-state index is 0.0987. The Hall–Kier alpha value is -1.67. The Morgan fingerprint density at radius 3 is 2.95 bits per heavy atom. The number of methoxy groups -OCH3 is 1. The quantitative estimate of drug-likeness (QED) is 0.730. The molecule has 1 saturated carbocycles. The van der Waals surface area contributed by atoms with Gasteiger partial charge in [-0.3, -0.25) is 5.32 Å². The van der Waals surface area contributed by atoms with Crippen LogP contribution in [0.5, 0.6) is 0 Å².